The quantitative estimate of drug-likeness (QED) is 0.475. The third-order valence-electron chi connectivity index (χ3n) is 4.95. The minimum absolute atomic E-state index is 0.174. The molecule has 146 valence electrons. The van der Waals surface area contributed by atoms with Crippen molar-refractivity contribution in [1.29, 1.82) is 0 Å². The zero-order valence-corrected chi connectivity index (χ0v) is 17.3. The van der Waals surface area contributed by atoms with Gasteiger partial charge < -0.3 is 0 Å². The highest BCUT2D eigenvalue weighted by atomic mass is 35.5. The zero-order chi connectivity index (χ0) is 20.0. The minimum Gasteiger partial charge on any atom is -0.254 e. The van der Waals surface area contributed by atoms with Gasteiger partial charge in [0.2, 0.25) is 10.0 Å². The van der Waals surface area contributed by atoms with Gasteiger partial charge in [0.15, 0.2) is 5.16 Å². The minimum atomic E-state index is -3.75. The summed E-state index contributed by atoms with van der Waals surface area (Å²) in [5.41, 5.74) is 2.02. The van der Waals surface area contributed by atoms with Crippen LogP contribution in [0.15, 0.2) is 77.0 Å². The lowest BCUT2D eigenvalue weighted by Gasteiger charge is -2.22. The van der Waals surface area contributed by atoms with Gasteiger partial charge >= 0.3 is 0 Å². The van der Waals surface area contributed by atoms with Gasteiger partial charge in [-0.25, -0.2) is 18.1 Å². The lowest BCUT2D eigenvalue weighted by Crippen LogP contribution is -2.30. The zero-order valence-electron chi connectivity index (χ0n) is 14.9. The summed E-state index contributed by atoms with van der Waals surface area (Å²) in [5, 5.41) is 9.86. The molecule has 1 heterocycles. The summed E-state index contributed by atoms with van der Waals surface area (Å²) in [6.45, 7) is 0. The van der Waals surface area contributed by atoms with Crippen molar-refractivity contribution in [1.82, 2.24) is 19.9 Å². The molecule has 0 radical (unpaired) electrons. The molecule has 5 rings (SSSR count). The molecule has 2 N–H and O–H groups in total. The molecule has 0 saturated carbocycles. The number of aromatic amines is 1. The lowest BCUT2D eigenvalue weighted by atomic mass is 10.1. The van der Waals surface area contributed by atoms with E-state index >= 15 is 0 Å². The second-order valence-corrected chi connectivity index (χ2v) is 9.96. The Labute approximate surface area is 176 Å². The standard InChI is InChI=1S/C20H15ClN4O2S2/c21-13-7-9-14(10-8-13)29(26,27)25-18-15-5-1-3-12-4-2-6-16(17(12)15)19(18)28-20-22-11-23-24-20/h1-11,18-19,25H,(H,22,23,24)/t18-,19-/m1/s1. The highest BCUT2D eigenvalue weighted by molar-refractivity contribution is 7.99. The van der Waals surface area contributed by atoms with Crippen LogP contribution in [0.5, 0.6) is 0 Å². The highest BCUT2D eigenvalue weighted by Gasteiger charge is 2.38. The van der Waals surface area contributed by atoms with E-state index in [0.717, 1.165) is 21.9 Å². The molecule has 0 amide bonds. The van der Waals surface area contributed by atoms with E-state index in [9.17, 15) is 8.42 Å². The molecule has 2 atom stereocenters. The normalized spacial score (nSPS) is 18.4. The van der Waals surface area contributed by atoms with Crippen LogP contribution in [0.25, 0.3) is 10.8 Å². The fourth-order valence-corrected chi connectivity index (χ4v) is 6.28. The van der Waals surface area contributed by atoms with Crippen molar-refractivity contribution in [2.24, 2.45) is 0 Å². The lowest BCUT2D eigenvalue weighted by molar-refractivity contribution is 0.557. The summed E-state index contributed by atoms with van der Waals surface area (Å²) >= 11 is 7.37. The Morgan fingerprint density at radius 3 is 2.41 bits per heavy atom. The Morgan fingerprint density at radius 2 is 1.72 bits per heavy atom. The molecule has 9 heteroatoms. The molecule has 1 aliphatic rings. The van der Waals surface area contributed by atoms with E-state index in [1.807, 2.05) is 36.4 Å². The Morgan fingerprint density at radius 1 is 1.00 bits per heavy atom. The number of halogens is 1. The van der Waals surface area contributed by atoms with Crippen LogP contribution in [0.4, 0.5) is 0 Å². The van der Waals surface area contributed by atoms with Gasteiger partial charge in [0.05, 0.1) is 16.2 Å². The Balaban J connectivity index is 1.60. The Bertz CT molecular complexity index is 1290. The van der Waals surface area contributed by atoms with Crippen molar-refractivity contribution in [3.8, 4) is 0 Å². The maximum atomic E-state index is 13.1. The molecule has 29 heavy (non-hydrogen) atoms. The molecule has 0 spiro atoms. The predicted octanol–water partition coefficient (Wildman–Crippen LogP) is 4.48. The van der Waals surface area contributed by atoms with Gasteiger partial charge in [0.1, 0.15) is 6.33 Å². The van der Waals surface area contributed by atoms with Crippen LogP contribution in [0.3, 0.4) is 0 Å². The molecule has 1 aromatic heterocycles. The van der Waals surface area contributed by atoms with Crippen LogP contribution in [0, 0.1) is 0 Å². The largest absolute Gasteiger partial charge is 0.254 e. The molecular weight excluding hydrogens is 428 g/mol. The Hall–Kier alpha value is -2.39. The average molecular weight is 443 g/mol. The molecule has 0 saturated heterocycles. The van der Waals surface area contributed by atoms with Crippen molar-refractivity contribution >= 4 is 44.2 Å². The summed E-state index contributed by atoms with van der Waals surface area (Å²) in [6.07, 6.45) is 1.44. The van der Waals surface area contributed by atoms with E-state index in [4.69, 9.17) is 11.6 Å². The van der Waals surface area contributed by atoms with Gasteiger partial charge in [-0.2, -0.15) is 5.10 Å². The highest BCUT2D eigenvalue weighted by Crippen LogP contribution is 2.52. The summed E-state index contributed by atoms with van der Waals surface area (Å²) < 4.78 is 29.1. The van der Waals surface area contributed by atoms with E-state index in [1.165, 1.54) is 30.2 Å². The monoisotopic (exact) mass is 442 g/mol. The first-order chi connectivity index (χ1) is 14.0. The SMILES string of the molecule is O=S(=O)(N[C@@H]1c2cccc3cccc(c23)[C@H]1Sc1ncn[nH]1)c1ccc(Cl)cc1. The van der Waals surface area contributed by atoms with Gasteiger partial charge in [-0.15, -0.1) is 0 Å². The van der Waals surface area contributed by atoms with Gasteiger partial charge in [-0.3, -0.25) is 5.10 Å². The van der Waals surface area contributed by atoms with E-state index in [-0.39, 0.29) is 10.1 Å². The fourth-order valence-electron chi connectivity index (χ4n) is 3.72. The number of thioether (sulfide) groups is 1. The number of aromatic nitrogens is 3. The molecule has 0 bridgehead atoms. The number of hydrogen-bond donors (Lipinski definition) is 2. The summed E-state index contributed by atoms with van der Waals surface area (Å²) in [6, 6.07) is 17.7. The molecule has 0 unspecified atom stereocenters. The van der Waals surface area contributed by atoms with Crippen LogP contribution in [0.1, 0.15) is 22.4 Å². The van der Waals surface area contributed by atoms with Crippen molar-refractivity contribution < 1.29 is 8.42 Å². The smallest absolute Gasteiger partial charge is 0.241 e. The number of benzene rings is 3. The van der Waals surface area contributed by atoms with Crippen LogP contribution in [-0.2, 0) is 10.0 Å². The van der Waals surface area contributed by atoms with Crippen molar-refractivity contribution in [3.63, 3.8) is 0 Å². The molecular formula is C20H15ClN4O2S2. The van der Waals surface area contributed by atoms with Crippen LogP contribution < -0.4 is 4.72 Å². The number of nitrogens with one attached hydrogen (secondary N) is 2. The van der Waals surface area contributed by atoms with E-state index in [2.05, 4.69) is 19.9 Å². The summed E-state index contributed by atoms with van der Waals surface area (Å²) in [5.74, 6) is 0. The van der Waals surface area contributed by atoms with Gasteiger partial charge in [0.25, 0.3) is 0 Å². The predicted molar refractivity (Wildman–Crippen MR) is 113 cm³/mol. The van der Waals surface area contributed by atoms with Crippen molar-refractivity contribution in [2.45, 2.75) is 21.3 Å². The van der Waals surface area contributed by atoms with Crippen LogP contribution >= 0.6 is 23.4 Å². The third kappa shape index (κ3) is 3.32. The maximum Gasteiger partial charge on any atom is 0.241 e. The second kappa shape index (κ2) is 7.14. The second-order valence-electron chi connectivity index (χ2n) is 6.67. The van der Waals surface area contributed by atoms with Crippen molar-refractivity contribution in [2.75, 3.05) is 0 Å². The number of H-pyrrole nitrogens is 1. The van der Waals surface area contributed by atoms with Crippen LogP contribution in [-0.4, -0.2) is 23.6 Å². The molecule has 0 fully saturated rings. The maximum absolute atomic E-state index is 13.1. The molecule has 6 nitrogen and oxygen atoms in total. The van der Waals surface area contributed by atoms with E-state index < -0.39 is 16.1 Å². The van der Waals surface area contributed by atoms with E-state index in [0.29, 0.717) is 10.2 Å². The third-order valence-corrected chi connectivity index (χ3v) is 7.86. The number of nitrogens with zero attached hydrogens (tertiary/aromatic N) is 2. The number of hydrogen-bond acceptors (Lipinski definition) is 5. The van der Waals surface area contributed by atoms with Gasteiger partial charge in [-0.05, 0) is 46.2 Å². The first kappa shape index (κ1) is 18.6. The fraction of sp³-hybridized carbons (Fsp3) is 0.100. The molecule has 4 aromatic rings. The number of rotatable bonds is 5. The average Bonchev–Trinajstić information content (AvgIpc) is 3.32. The molecule has 3 aromatic carbocycles. The molecule has 0 aliphatic heterocycles. The topological polar surface area (TPSA) is 87.7 Å². The Kier molecular flexibility index (Phi) is 4.59. The first-order valence-corrected chi connectivity index (χ1v) is 11.6. The van der Waals surface area contributed by atoms with Gasteiger partial charge in [0, 0.05) is 5.02 Å². The van der Waals surface area contributed by atoms with Crippen LogP contribution in [0.2, 0.25) is 5.02 Å². The van der Waals surface area contributed by atoms with Crippen molar-refractivity contribution in [3.05, 3.63) is 83.1 Å². The first-order valence-electron chi connectivity index (χ1n) is 8.84. The van der Waals surface area contributed by atoms with Gasteiger partial charge in [-0.1, -0.05) is 59.8 Å². The number of sulfonamides is 1. The molecule has 1 aliphatic carbocycles. The summed E-state index contributed by atoms with van der Waals surface area (Å²) in [7, 11) is -3.75. The summed E-state index contributed by atoms with van der Waals surface area (Å²) in [4.78, 5) is 4.38. The van der Waals surface area contributed by atoms with E-state index in [1.54, 1.807) is 12.1 Å².